The third-order valence-electron chi connectivity index (χ3n) is 3.46. The Labute approximate surface area is 164 Å². The predicted octanol–water partition coefficient (Wildman–Crippen LogP) is 5.63. The minimum atomic E-state index is -0.117. The number of nitrogens with zero attached hydrogens (tertiary/aromatic N) is 1. The van der Waals surface area contributed by atoms with Crippen molar-refractivity contribution in [2.24, 2.45) is 0 Å². The van der Waals surface area contributed by atoms with Crippen molar-refractivity contribution in [3.63, 3.8) is 0 Å². The number of carbonyl (C=O) groups excluding carboxylic acids is 1. The maximum atomic E-state index is 12.1. The van der Waals surface area contributed by atoms with Crippen molar-refractivity contribution in [2.75, 3.05) is 0 Å². The van der Waals surface area contributed by atoms with E-state index in [4.69, 9.17) is 34.8 Å². The number of hydrogen-bond acceptors (Lipinski definition) is 3. The van der Waals surface area contributed by atoms with E-state index in [1.807, 2.05) is 29.6 Å². The number of halogens is 3. The van der Waals surface area contributed by atoms with Crippen LogP contribution in [0, 0.1) is 0 Å². The monoisotopic (exact) mass is 410 g/mol. The maximum Gasteiger partial charge on any atom is 0.226 e. The van der Waals surface area contributed by atoms with E-state index < -0.39 is 0 Å². The van der Waals surface area contributed by atoms with E-state index in [1.165, 1.54) is 11.3 Å². The minimum absolute atomic E-state index is 0.117. The summed E-state index contributed by atoms with van der Waals surface area (Å²) in [4.78, 5) is 16.6. The molecule has 0 aliphatic rings. The number of thiazole rings is 1. The van der Waals surface area contributed by atoms with Crippen LogP contribution in [-0.2, 0) is 17.8 Å². The van der Waals surface area contributed by atoms with E-state index in [2.05, 4.69) is 10.3 Å². The van der Waals surface area contributed by atoms with Crippen molar-refractivity contribution in [3.05, 3.63) is 74.2 Å². The number of nitrogens with one attached hydrogen (secondary N) is 1. The first kappa shape index (κ1) is 18.2. The van der Waals surface area contributed by atoms with Crippen molar-refractivity contribution >= 4 is 52.0 Å². The second-order valence-corrected chi connectivity index (χ2v) is 7.48. The lowest BCUT2D eigenvalue weighted by atomic mass is 10.2. The molecule has 1 heterocycles. The molecule has 3 nitrogen and oxygen atoms in total. The molecule has 0 bridgehead atoms. The second kappa shape index (κ2) is 8.19. The molecule has 0 atom stereocenters. The first-order valence-corrected chi connectivity index (χ1v) is 9.43. The molecule has 3 rings (SSSR count). The van der Waals surface area contributed by atoms with Crippen LogP contribution in [0.1, 0.15) is 11.3 Å². The molecule has 3 aromatic rings. The van der Waals surface area contributed by atoms with Crippen LogP contribution < -0.4 is 5.32 Å². The zero-order valence-electron chi connectivity index (χ0n) is 12.9. The largest absolute Gasteiger partial charge is 0.352 e. The Morgan fingerprint density at radius 1 is 1.08 bits per heavy atom. The van der Waals surface area contributed by atoms with E-state index in [1.54, 1.807) is 18.2 Å². The van der Waals surface area contributed by atoms with Gasteiger partial charge in [0.15, 0.2) is 0 Å². The van der Waals surface area contributed by atoms with E-state index in [-0.39, 0.29) is 12.3 Å². The summed E-state index contributed by atoms with van der Waals surface area (Å²) in [5.74, 6) is -0.117. The predicted molar refractivity (Wildman–Crippen MR) is 105 cm³/mol. The molecule has 25 heavy (non-hydrogen) atoms. The van der Waals surface area contributed by atoms with Crippen molar-refractivity contribution in [3.8, 4) is 10.6 Å². The van der Waals surface area contributed by atoms with Crippen LogP contribution in [0.2, 0.25) is 15.1 Å². The molecule has 0 aliphatic carbocycles. The van der Waals surface area contributed by atoms with Crippen LogP contribution in [-0.4, -0.2) is 10.9 Å². The molecule has 0 aliphatic heterocycles. The van der Waals surface area contributed by atoms with Gasteiger partial charge in [0.2, 0.25) is 5.91 Å². The van der Waals surface area contributed by atoms with Gasteiger partial charge in [-0.2, -0.15) is 0 Å². The van der Waals surface area contributed by atoms with Gasteiger partial charge in [0.25, 0.3) is 0 Å². The van der Waals surface area contributed by atoms with Crippen molar-refractivity contribution in [2.45, 2.75) is 13.0 Å². The highest BCUT2D eigenvalue weighted by Crippen LogP contribution is 2.26. The van der Waals surface area contributed by atoms with Gasteiger partial charge in [0.1, 0.15) is 5.01 Å². The summed E-state index contributed by atoms with van der Waals surface area (Å²) in [6.45, 7) is 0.347. The van der Waals surface area contributed by atoms with Gasteiger partial charge in [-0.3, -0.25) is 4.79 Å². The van der Waals surface area contributed by atoms with Crippen LogP contribution in [0.3, 0.4) is 0 Å². The number of aromatic nitrogens is 1. The SMILES string of the molecule is O=C(Cc1csc(-c2cccc(Cl)c2)n1)NCc1ccc(Cl)cc1Cl. The summed E-state index contributed by atoms with van der Waals surface area (Å²) in [6.07, 6.45) is 0.211. The summed E-state index contributed by atoms with van der Waals surface area (Å²) < 4.78 is 0. The number of benzene rings is 2. The molecule has 1 aromatic heterocycles. The first-order chi connectivity index (χ1) is 12.0. The number of amides is 1. The molecule has 1 N–H and O–H groups in total. The van der Waals surface area contributed by atoms with Gasteiger partial charge in [-0.15, -0.1) is 11.3 Å². The average Bonchev–Trinajstić information content (AvgIpc) is 3.02. The highest BCUT2D eigenvalue weighted by atomic mass is 35.5. The Morgan fingerprint density at radius 3 is 2.64 bits per heavy atom. The molecule has 0 fully saturated rings. The molecular weight excluding hydrogens is 399 g/mol. The summed E-state index contributed by atoms with van der Waals surface area (Å²) in [6, 6.07) is 12.7. The summed E-state index contributed by atoms with van der Waals surface area (Å²) >= 11 is 19.5. The lowest BCUT2D eigenvalue weighted by molar-refractivity contribution is -0.120. The van der Waals surface area contributed by atoms with Gasteiger partial charge in [-0.1, -0.05) is 53.0 Å². The van der Waals surface area contributed by atoms with Crippen LogP contribution in [0.5, 0.6) is 0 Å². The smallest absolute Gasteiger partial charge is 0.226 e. The Kier molecular flexibility index (Phi) is 5.97. The highest BCUT2D eigenvalue weighted by Gasteiger charge is 2.10. The molecule has 2 aromatic carbocycles. The van der Waals surface area contributed by atoms with Crippen LogP contribution in [0.4, 0.5) is 0 Å². The molecule has 0 unspecified atom stereocenters. The van der Waals surface area contributed by atoms with E-state index >= 15 is 0 Å². The number of hydrogen-bond donors (Lipinski definition) is 1. The third-order valence-corrected chi connectivity index (χ3v) is 5.22. The zero-order valence-corrected chi connectivity index (χ0v) is 16.0. The Hall–Kier alpha value is -1.59. The highest BCUT2D eigenvalue weighted by molar-refractivity contribution is 7.13. The van der Waals surface area contributed by atoms with Gasteiger partial charge in [-0.05, 0) is 29.8 Å². The van der Waals surface area contributed by atoms with Gasteiger partial charge in [0.05, 0.1) is 12.1 Å². The lowest BCUT2D eigenvalue weighted by Gasteiger charge is -2.06. The normalized spacial score (nSPS) is 10.7. The van der Waals surface area contributed by atoms with Crippen molar-refractivity contribution in [1.82, 2.24) is 10.3 Å². The quantitative estimate of drug-likeness (QED) is 0.591. The number of rotatable bonds is 5. The Morgan fingerprint density at radius 2 is 1.88 bits per heavy atom. The van der Waals surface area contributed by atoms with E-state index in [9.17, 15) is 4.79 Å². The van der Waals surface area contributed by atoms with Gasteiger partial charge in [0, 0.05) is 32.6 Å². The third kappa shape index (κ3) is 4.95. The fraction of sp³-hybridized carbons (Fsp3) is 0.111. The summed E-state index contributed by atoms with van der Waals surface area (Å²) in [5, 5.41) is 7.32. The topological polar surface area (TPSA) is 42.0 Å². The zero-order chi connectivity index (χ0) is 17.8. The summed E-state index contributed by atoms with van der Waals surface area (Å²) in [5.41, 5.74) is 2.48. The standard InChI is InChI=1S/C18H13Cl3N2OS/c19-13-3-1-2-11(6-13)18-23-15(10-25-18)8-17(24)22-9-12-4-5-14(20)7-16(12)21/h1-7,10H,8-9H2,(H,22,24). The van der Waals surface area contributed by atoms with Crippen LogP contribution in [0.25, 0.3) is 10.6 Å². The number of carbonyl (C=O) groups is 1. The molecule has 1 amide bonds. The first-order valence-electron chi connectivity index (χ1n) is 7.42. The molecule has 128 valence electrons. The molecule has 7 heteroatoms. The molecule has 0 radical (unpaired) electrons. The van der Waals surface area contributed by atoms with Crippen molar-refractivity contribution < 1.29 is 4.79 Å². The lowest BCUT2D eigenvalue weighted by Crippen LogP contribution is -2.24. The molecule has 0 saturated heterocycles. The maximum absolute atomic E-state index is 12.1. The van der Waals surface area contributed by atoms with Crippen LogP contribution in [0.15, 0.2) is 47.8 Å². The molecule has 0 spiro atoms. The van der Waals surface area contributed by atoms with Crippen LogP contribution >= 0.6 is 46.1 Å². The fourth-order valence-electron chi connectivity index (χ4n) is 2.23. The van der Waals surface area contributed by atoms with Gasteiger partial charge >= 0.3 is 0 Å². The minimum Gasteiger partial charge on any atom is -0.352 e. The molecular formula is C18H13Cl3N2OS. The van der Waals surface area contributed by atoms with Gasteiger partial charge in [-0.25, -0.2) is 4.98 Å². The second-order valence-electron chi connectivity index (χ2n) is 5.34. The fourth-order valence-corrected chi connectivity index (χ4v) is 3.71. The Balaban J connectivity index is 1.60. The average molecular weight is 412 g/mol. The van der Waals surface area contributed by atoms with E-state index in [0.29, 0.717) is 21.6 Å². The molecule has 0 saturated carbocycles. The summed E-state index contributed by atoms with van der Waals surface area (Å²) in [7, 11) is 0. The Bertz CT molecular complexity index is 911. The van der Waals surface area contributed by atoms with Gasteiger partial charge < -0.3 is 5.32 Å². The van der Waals surface area contributed by atoms with E-state index in [0.717, 1.165) is 21.8 Å². The van der Waals surface area contributed by atoms with Crippen molar-refractivity contribution in [1.29, 1.82) is 0 Å².